The molecule has 2 rings (SSSR count). The standard InChI is InChI=1S/C14H19NO2/c1-11-7-8-15(9-14(11)17-2)13-6-4-3-5-12(13)10-16/h3-6,10-11,14H,7-9H2,1-2H3. The molecule has 0 bridgehead atoms. The first kappa shape index (κ1) is 12.1. The molecule has 0 radical (unpaired) electrons. The molecule has 1 fully saturated rings. The van der Waals surface area contributed by atoms with Gasteiger partial charge in [0.1, 0.15) is 0 Å². The molecule has 0 aliphatic carbocycles. The van der Waals surface area contributed by atoms with Crippen LogP contribution in [-0.2, 0) is 4.74 Å². The molecule has 2 atom stereocenters. The molecular weight excluding hydrogens is 214 g/mol. The number of piperidine rings is 1. The normalized spacial score (nSPS) is 24.7. The molecule has 1 aliphatic rings. The fourth-order valence-corrected chi connectivity index (χ4v) is 2.43. The van der Waals surface area contributed by atoms with Gasteiger partial charge in [0, 0.05) is 31.5 Å². The zero-order chi connectivity index (χ0) is 12.3. The van der Waals surface area contributed by atoms with Crippen LogP contribution in [0.4, 0.5) is 5.69 Å². The number of carbonyl (C=O) groups excluding carboxylic acids is 1. The van der Waals surface area contributed by atoms with Crippen molar-refractivity contribution in [2.45, 2.75) is 19.4 Å². The third-order valence-electron chi connectivity index (χ3n) is 3.60. The highest BCUT2D eigenvalue weighted by molar-refractivity contribution is 5.84. The fourth-order valence-electron chi connectivity index (χ4n) is 2.43. The third-order valence-corrected chi connectivity index (χ3v) is 3.60. The molecule has 1 aliphatic heterocycles. The summed E-state index contributed by atoms with van der Waals surface area (Å²) in [4.78, 5) is 13.3. The molecule has 0 N–H and O–H groups in total. The summed E-state index contributed by atoms with van der Waals surface area (Å²) in [6.45, 7) is 4.07. The van der Waals surface area contributed by atoms with E-state index in [0.29, 0.717) is 5.92 Å². The van der Waals surface area contributed by atoms with Crippen LogP contribution in [0.25, 0.3) is 0 Å². The van der Waals surface area contributed by atoms with Crippen LogP contribution in [0.5, 0.6) is 0 Å². The van der Waals surface area contributed by atoms with Gasteiger partial charge in [-0.3, -0.25) is 4.79 Å². The van der Waals surface area contributed by atoms with Crippen molar-refractivity contribution in [2.75, 3.05) is 25.1 Å². The molecule has 0 spiro atoms. The van der Waals surface area contributed by atoms with Crippen LogP contribution in [0.2, 0.25) is 0 Å². The van der Waals surface area contributed by atoms with Gasteiger partial charge >= 0.3 is 0 Å². The second-order valence-corrected chi connectivity index (χ2v) is 4.66. The van der Waals surface area contributed by atoms with Gasteiger partial charge in [-0.2, -0.15) is 0 Å². The van der Waals surface area contributed by atoms with Crippen LogP contribution in [-0.4, -0.2) is 32.6 Å². The number of methoxy groups -OCH3 is 1. The molecule has 0 amide bonds. The average molecular weight is 233 g/mol. The van der Waals surface area contributed by atoms with Gasteiger partial charge in [0.2, 0.25) is 0 Å². The van der Waals surface area contributed by atoms with Crippen molar-refractivity contribution in [3.63, 3.8) is 0 Å². The minimum atomic E-state index is 0.253. The third kappa shape index (κ3) is 2.50. The SMILES string of the molecule is COC1CN(c2ccccc2C=O)CCC1C. The van der Waals surface area contributed by atoms with Crippen molar-refractivity contribution in [1.82, 2.24) is 0 Å². The number of ether oxygens (including phenoxy) is 1. The Morgan fingerprint density at radius 3 is 2.88 bits per heavy atom. The average Bonchev–Trinajstić information content (AvgIpc) is 2.39. The molecule has 3 heteroatoms. The summed E-state index contributed by atoms with van der Waals surface area (Å²) < 4.78 is 5.50. The van der Waals surface area contributed by atoms with E-state index in [2.05, 4.69) is 11.8 Å². The maximum Gasteiger partial charge on any atom is 0.152 e. The Kier molecular flexibility index (Phi) is 3.79. The maximum absolute atomic E-state index is 11.0. The number of hydrogen-bond donors (Lipinski definition) is 0. The highest BCUT2D eigenvalue weighted by Gasteiger charge is 2.26. The van der Waals surface area contributed by atoms with Crippen molar-refractivity contribution in [2.24, 2.45) is 5.92 Å². The van der Waals surface area contributed by atoms with E-state index in [1.165, 1.54) is 0 Å². The molecule has 1 saturated heterocycles. The molecule has 1 aromatic carbocycles. The predicted molar refractivity (Wildman–Crippen MR) is 68.6 cm³/mol. The largest absolute Gasteiger partial charge is 0.379 e. The van der Waals surface area contributed by atoms with Crippen LogP contribution < -0.4 is 4.90 Å². The van der Waals surface area contributed by atoms with Gasteiger partial charge < -0.3 is 9.64 Å². The van der Waals surface area contributed by atoms with Crippen LogP contribution in [0.1, 0.15) is 23.7 Å². The zero-order valence-electron chi connectivity index (χ0n) is 10.4. The van der Waals surface area contributed by atoms with Crippen molar-refractivity contribution in [3.05, 3.63) is 29.8 Å². The van der Waals surface area contributed by atoms with E-state index in [-0.39, 0.29) is 6.10 Å². The molecule has 3 nitrogen and oxygen atoms in total. The highest BCUT2D eigenvalue weighted by atomic mass is 16.5. The first-order chi connectivity index (χ1) is 8.26. The van der Waals surface area contributed by atoms with Crippen molar-refractivity contribution < 1.29 is 9.53 Å². The van der Waals surface area contributed by atoms with Crippen molar-refractivity contribution in [1.29, 1.82) is 0 Å². The van der Waals surface area contributed by atoms with E-state index >= 15 is 0 Å². The first-order valence-corrected chi connectivity index (χ1v) is 6.08. The summed E-state index contributed by atoms with van der Waals surface area (Å²) in [7, 11) is 1.76. The number of para-hydroxylation sites is 1. The Bertz CT molecular complexity index is 392. The molecule has 2 unspecified atom stereocenters. The highest BCUT2D eigenvalue weighted by Crippen LogP contribution is 2.26. The second-order valence-electron chi connectivity index (χ2n) is 4.66. The summed E-state index contributed by atoms with van der Waals surface area (Å²) in [5.41, 5.74) is 1.79. The van der Waals surface area contributed by atoms with E-state index < -0.39 is 0 Å². The van der Waals surface area contributed by atoms with Crippen LogP contribution in [0, 0.1) is 5.92 Å². The second kappa shape index (κ2) is 5.32. The van der Waals surface area contributed by atoms with Gasteiger partial charge in [0.15, 0.2) is 6.29 Å². The lowest BCUT2D eigenvalue weighted by atomic mass is 9.95. The Labute approximate surface area is 102 Å². The number of nitrogens with zero attached hydrogens (tertiary/aromatic N) is 1. The van der Waals surface area contributed by atoms with E-state index in [9.17, 15) is 4.79 Å². The zero-order valence-corrected chi connectivity index (χ0v) is 10.4. The smallest absolute Gasteiger partial charge is 0.152 e. The quantitative estimate of drug-likeness (QED) is 0.751. The van der Waals surface area contributed by atoms with E-state index in [4.69, 9.17) is 4.74 Å². The molecule has 1 heterocycles. The van der Waals surface area contributed by atoms with E-state index in [0.717, 1.165) is 37.0 Å². The molecule has 17 heavy (non-hydrogen) atoms. The minimum Gasteiger partial charge on any atom is -0.379 e. The molecule has 0 saturated carbocycles. The lowest BCUT2D eigenvalue weighted by molar-refractivity contribution is 0.0498. The number of aldehydes is 1. The van der Waals surface area contributed by atoms with Gasteiger partial charge in [-0.25, -0.2) is 0 Å². The first-order valence-electron chi connectivity index (χ1n) is 6.08. The van der Waals surface area contributed by atoms with E-state index in [1.54, 1.807) is 7.11 Å². The summed E-state index contributed by atoms with van der Waals surface area (Å²) in [5.74, 6) is 0.583. The number of benzene rings is 1. The number of anilines is 1. The molecule has 92 valence electrons. The van der Waals surface area contributed by atoms with Gasteiger partial charge in [0.05, 0.1) is 6.10 Å². The van der Waals surface area contributed by atoms with Crippen LogP contribution in [0.3, 0.4) is 0 Å². The molecular formula is C14H19NO2. The fraction of sp³-hybridized carbons (Fsp3) is 0.500. The number of carbonyl (C=O) groups is 1. The Morgan fingerprint density at radius 1 is 1.41 bits per heavy atom. The number of rotatable bonds is 3. The van der Waals surface area contributed by atoms with Gasteiger partial charge in [0.25, 0.3) is 0 Å². The van der Waals surface area contributed by atoms with Gasteiger partial charge in [-0.15, -0.1) is 0 Å². The van der Waals surface area contributed by atoms with Gasteiger partial charge in [-0.05, 0) is 24.5 Å². The number of hydrogen-bond acceptors (Lipinski definition) is 3. The summed E-state index contributed by atoms with van der Waals surface area (Å²) >= 11 is 0. The van der Waals surface area contributed by atoms with Gasteiger partial charge in [-0.1, -0.05) is 19.1 Å². The summed E-state index contributed by atoms with van der Waals surface area (Å²) in [6, 6.07) is 7.74. The molecule has 0 aromatic heterocycles. The predicted octanol–water partition coefficient (Wildman–Crippen LogP) is 2.36. The minimum absolute atomic E-state index is 0.253. The van der Waals surface area contributed by atoms with E-state index in [1.807, 2.05) is 24.3 Å². The maximum atomic E-state index is 11.0. The van der Waals surface area contributed by atoms with Crippen LogP contribution >= 0.6 is 0 Å². The Morgan fingerprint density at radius 2 is 2.18 bits per heavy atom. The Hall–Kier alpha value is -1.35. The van der Waals surface area contributed by atoms with Crippen LogP contribution in [0.15, 0.2) is 24.3 Å². The Balaban J connectivity index is 2.20. The topological polar surface area (TPSA) is 29.5 Å². The van der Waals surface area contributed by atoms with Crippen molar-refractivity contribution >= 4 is 12.0 Å². The van der Waals surface area contributed by atoms with Crippen molar-refractivity contribution in [3.8, 4) is 0 Å². The molecule has 1 aromatic rings. The summed E-state index contributed by atoms with van der Waals surface area (Å²) in [5, 5.41) is 0. The summed E-state index contributed by atoms with van der Waals surface area (Å²) in [6.07, 6.45) is 2.28. The monoisotopic (exact) mass is 233 g/mol. The lowest BCUT2D eigenvalue weighted by Gasteiger charge is -2.38. The lowest BCUT2D eigenvalue weighted by Crippen LogP contribution is -2.44.